The van der Waals surface area contributed by atoms with Crippen molar-refractivity contribution in [1.82, 2.24) is 9.62 Å². The zero-order chi connectivity index (χ0) is 17.0. The molecule has 1 fully saturated rings. The highest BCUT2D eigenvalue weighted by molar-refractivity contribution is 7.89. The van der Waals surface area contributed by atoms with Gasteiger partial charge in [0.2, 0.25) is 10.0 Å². The van der Waals surface area contributed by atoms with Crippen molar-refractivity contribution >= 4 is 21.9 Å². The minimum absolute atomic E-state index is 0.0110. The summed E-state index contributed by atoms with van der Waals surface area (Å²) in [7, 11) is -3.56. The van der Waals surface area contributed by atoms with Crippen LogP contribution < -0.4 is 4.72 Å². The summed E-state index contributed by atoms with van der Waals surface area (Å²) in [5.74, 6) is -1.51. The van der Waals surface area contributed by atoms with Crippen molar-refractivity contribution in [2.75, 3.05) is 13.1 Å². The molecule has 7 nitrogen and oxygen atoms in total. The fourth-order valence-electron chi connectivity index (χ4n) is 2.13. The van der Waals surface area contributed by atoms with Crippen molar-refractivity contribution in [1.29, 1.82) is 0 Å². The van der Waals surface area contributed by atoms with E-state index in [9.17, 15) is 18.0 Å². The molecule has 0 bridgehead atoms. The fourth-order valence-corrected chi connectivity index (χ4v) is 3.44. The summed E-state index contributed by atoms with van der Waals surface area (Å²) < 4.78 is 26.7. The van der Waals surface area contributed by atoms with Gasteiger partial charge in [-0.15, -0.1) is 0 Å². The van der Waals surface area contributed by atoms with Crippen LogP contribution >= 0.6 is 0 Å². The van der Waals surface area contributed by atoms with E-state index in [2.05, 4.69) is 4.72 Å². The molecule has 0 aromatic heterocycles. The quantitative estimate of drug-likeness (QED) is 0.736. The zero-order valence-corrected chi connectivity index (χ0v) is 13.7. The van der Waals surface area contributed by atoms with E-state index in [1.165, 1.54) is 29.2 Å². The lowest BCUT2D eigenvalue weighted by molar-refractivity contribution is -0.137. The second-order valence-electron chi connectivity index (χ2n) is 5.54. The molecule has 0 spiro atoms. The SMILES string of the molecule is CCCN(CC(=O)O)C(=O)c1ccc(S(=O)(=O)NC2CC2)cc1. The molecule has 1 saturated carbocycles. The second kappa shape index (κ2) is 7.10. The third kappa shape index (κ3) is 4.77. The number of carbonyl (C=O) groups excluding carboxylic acids is 1. The van der Waals surface area contributed by atoms with Gasteiger partial charge in [0, 0.05) is 18.2 Å². The van der Waals surface area contributed by atoms with E-state index in [0.717, 1.165) is 12.8 Å². The van der Waals surface area contributed by atoms with Crippen LogP contribution in [0.2, 0.25) is 0 Å². The maximum Gasteiger partial charge on any atom is 0.323 e. The van der Waals surface area contributed by atoms with Gasteiger partial charge in [-0.2, -0.15) is 0 Å². The maximum atomic E-state index is 12.3. The van der Waals surface area contributed by atoms with Crippen LogP contribution in [-0.2, 0) is 14.8 Å². The largest absolute Gasteiger partial charge is 0.480 e. The first-order chi connectivity index (χ1) is 10.8. The highest BCUT2D eigenvalue weighted by atomic mass is 32.2. The van der Waals surface area contributed by atoms with Gasteiger partial charge in [0.1, 0.15) is 6.54 Å². The molecule has 1 aromatic rings. The summed E-state index contributed by atoms with van der Waals surface area (Å²) in [6.45, 7) is 1.80. The Morgan fingerprint density at radius 3 is 2.35 bits per heavy atom. The van der Waals surface area contributed by atoms with Crippen LogP contribution in [0.3, 0.4) is 0 Å². The van der Waals surface area contributed by atoms with Gasteiger partial charge in [-0.3, -0.25) is 9.59 Å². The van der Waals surface area contributed by atoms with Crippen LogP contribution in [0.4, 0.5) is 0 Å². The molecule has 8 heteroatoms. The molecule has 2 rings (SSSR count). The molecule has 23 heavy (non-hydrogen) atoms. The highest BCUT2D eigenvalue weighted by Crippen LogP contribution is 2.22. The predicted molar refractivity (Wildman–Crippen MR) is 83.6 cm³/mol. The number of nitrogens with one attached hydrogen (secondary N) is 1. The number of carbonyl (C=O) groups is 2. The Kier molecular flexibility index (Phi) is 5.38. The summed E-state index contributed by atoms with van der Waals surface area (Å²) in [6, 6.07) is 5.56. The van der Waals surface area contributed by atoms with Crippen LogP contribution in [0.1, 0.15) is 36.5 Å². The summed E-state index contributed by atoms with van der Waals surface area (Å²) >= 11 is 0. The van der Waals surface area contributed by atoms with Crippen LogP contribution in [0.15, 0.2) is 29.2 Å². The predicted octanol–water partition coefficient (Wildman–Crippen LogP) is 1.06. The van der Waals surface area contributed by atoms with E-state index in [0.29, 0.717) is 13.0 Å². The van der Waals surface area contributed by atoms with E-state index >= 15 is 0 Å². The van der Waals surface area contributed by atoms with Crippen LogP contribution in [-0.4, -0.2) is 49.4 Å². The van der Waals surface area contributed by atoms with Gasteiger partial charge in [0.05, 0.1) is 4.90 Å². The summed E-state index contributed by atoms with van der Waals surface area (Å²) in [4.78, 5) is 24.5. The van der Waals surface area contributed by atoms with Gasteiger partial charge in [-0.1, -0.05) is 6.92 Å². The van der Waals surface area contributed by atoms with Crippen LogP contribution in [0.5, 0.6) is 0 Å². The lowest BCUT2D eigenvalue weighted by Gasteiger charge is -2.20. The molecule has 1 aromatic carbocycles. The minimum Gasteiger partial charge on any atom is -0.480 e. The van der Waals surface area contributed by atoms with Gasteiger partial charge in [-0.25, -0.2) is 13.1 Å². The van der Waals surface area contributed by atoms with Crippen LogP contribution in [0.25, 0.3) is 0 Å². The van der Waals surface area contributed by atoms with Crippen molar-refractivity contribution in [2.45, 2.75) is 37.1 Å². The van der Waals surface area contributed by atoms with E-state index in [1.807, 2.05) is 6.92 Å². The Morgan fingerprint density at radius 2 is 1.87 bits per heavy atom. The number of hydrogen-bond donors (Lipinski definition) is 2. The van der Waals surface area contributed by atoms with Gasteiger partial charge in [0.25, 0.3) is 5.91 Å². The number of hydrogen-bond acceptors (Lipinski definition) is 4. The zero-order valence-electron chi connectivity index (χ0n) is 12.9. The Balaban J connectivity index is 2.13. The molecular formula is C15H20N2O5S. The van der Waals surface area contributed by atoms with Crippen molar-refractivity contribution in [3.8, 4) is 0 Å². The van der Waals surface area contributed by atoms with E-state index < -0.39 is 21.9 Å². The molecule has 0 radical (unpaired) electrons. The fraction of sp³-hybridized carbons (Fsp3) is 0.467. The van der Waals surface area contributed by atoms with Gasteiger partial charge in [0.15, 0.2) is 0 Å². The maximum absolute atomic E-state index is 12.3. The second-order valence-corrected chi connectivity index (χ2v) is 7.25. The number of carboxylic acids is 1. The number of rotatable bonds is 8. The summed E-state index contributed by atoms with van der Waals surface area (Å²) in [6.07, 6.45) is 2.32. The lowest BCUT2D eigenvalue weighted by atomic mass is 10.2. The van der Waals surface area contributed by atoms with Crippen molar-refractivity contribution < 1.29 is 23.1 Å². The van der Waals surface area contributed by atoms with E-state index in [1.54, 1.807) is 0 Å². The monoisotopic (exact) mass is 340 g/mol. The molecule has 1 aliphatic rings. The molecule has 1 amide bonds. The smallest absolute Gasteiger partial charge is 0.323 e. The average molecular weight is 340 g/mol. The van der Waals surface area contributed by atoms with Gasteiger partial charge in [-0.05, 0) is 43.5 Å². The Labute approximate surface area is 135 Å². The third-order valence-electron chi connectivity index (χ3n) is 3.42. The summed E-state index contributed by atoms with van der Waals surface area (Å²) in [5, 5.41) is 8.87. The number of amides is 1. The number of sulfonamides is 1. The number of aliphatic carboxylic acids is 1. The van der Waals surface area contributed by atoms with Gasteiger partial charge < -0.3 is 10.0 Å². The number of nitrogens with zero attached hydrogens (tertiary/aromatic N) is 1. The molecule has 0 atom stereocenters. The molecule has 0 unspecified atom stereocenters. The molecule has 2 N–H and O–H groups in total. The molecule has 1 aliphatic carbocycles. The highest BCUT2D eigenvalue weighted by Gasteiger charge is 2.28. The molecule has 126 valence electrons. The standard InChI is InChI=1S/C15H20N2O5S/c1-2-9-17(10-14(18)19)15(20)11-3-7-13(8-4-11)23(21,22)16-12-5-6-12/h3-4,7-8,12,16H,2,5-6,9-10H2,1H3,(H,18,19). The Bertz CT molecular complexity index is 680. The normalized spacial score (nSPS) is 14.5. The molecule has 0 saturated heterocycles. The van der Waals surface area contributed by atoms with Crippen molar-refractivity contribution in [3.05, 3.63) is 29.8 Å². The molecule has 0 aliphatic heterocycles. The average Bonchev–Trinajstić information content (AvgIpc) is 3.29. The lowest BCUT2D eigenvalue weighted by Crippen LogP contribution is -2.36. The Morgan fingerprint density at radius 1 is 1.26 bits per heavy atom. The number of benzene rings is 1. The third-order valence-corrected chi connectivity index (χ3v) is 4.95. The summed E-state index contributed by atoms with van der Waals surface area (Å²) in [5.41, 5.74) is 0.269. The molecule has 0 heterocycles. The van der Waals surface area contributed by atoms with E-state index in [-0.39, 0.29) is 23.0 Å². The van der Waals surface area contributed by atoms with E-state index in [4.69, 9.17) is 5.11 Å². The number of carboxylic acid groups (broad SMARTS) is 1. The topological polar surface area (TPSA) is 104 Å². The van der Waals surface area contributed by atoms with Gasteiger partial charge >= 0.3 is 5.97 Å². The minimum atomic E-state index is -3.56. The van der Waals surface area contributed by atoms with Crippen LogP contribution in [0, 0.1) is 0 Å². The first-order valence-electron chi connectivity index (χ1n) is 7.47. The first kappa shape index (κ1) is 17.4. The molecular weight excluding hydrogens is 320 g/mol. The first-order valence-corrected chi connectivity index (χ1v) is 8.95. The van der Waals surface area contributed by atoms with Crippen molar-refractivity contribution in [3.63, 3.8) is 0 Å². The van der Waals surface area contributed by atoms with Crippen molar-refractivity contribution in [2.24, 2.45) is 0 Å². The Hall–Kier alpha value is -1.93.